The second kappa shape index (κ2) is 13.8. The van der Waals surface area contributed by atoms with E-state index in [2.05, 4.69) is 6.58 Å². The summed E-state index contributed by atoms with van der Waals surface area (Å²) in [5.41, 5.74) is 0.972. The first-order valence-electron chi connectivity index (χ1n) is 17.6. The Hall–Kier alpha value is -5.10. The molecular formula is C41H42FN3O6Si. The smallest absolute Gasteiger partial charge is 0.266 e. The highest BCUT2D eigenvalue weighted by Crippen LogP contribution is 2.61. The Morgan fingerprint density at radius 3 is 2.38 bits per heavy atom. The van der Waals surface area contributed by atoms with Crippen molar-refractivity contribution < 1.29 is 33.1 Å². The number of hydrogen-bond donors (Lipinski definition) is 1. The van der Waals surface area contributed by atoms with Gasteiger partial charge in [-0.1, -0.05) is 67.6 Å². The number of carbonyl (C=O) groups is 3. The Balaban J connectivity index is 1.32. The topological polar surface area (TPSA) is 99.6 Å². The molecule has 1 spiro atoms. The van der Waals surface area contributed by atoms with Gasteiger partial charge < -0.3 is 28.5 Å². The Kier molecular flexibility index (Phi) is 9.37. The SMILES string of the molecule is C=CCN1C(=O)[C@@]2(O[C@@H](CC(=O)N(CCO)Cc3ccccc3)[C@H]([Si](C)(C)F)[C@H]2C)c2cc(N3C(=O)c4ccccc4Oc4ccccc43)ccc21. The van der Waals surface area contributed by atoms with E-state index in [1.807, 2.05) is 49.4 Å². The van der Waals surface area contributed by atoms with Crippen molar-refractivity contribution >= 4 is 43.2 Å². The fraction of sp³-hybridized carbons (Fsp3) is 0.293. The van der Waals surface area contributed by atoms with Gasteiger partial charge in [-0.3, -0.25) is 19.3 Å². The Morgan fingerprint density at radius 1 is 0.981 bits per heavy atom. The van der Waals surface area contributed by atoms with Gasteiger partial charge in [-0.25, -0.2) is 0 Å². The van der Waals surface area contributed by atoms with Gasteiger partial charge in [0.05, 0.1) is 36.1 Å². The summed E-state index contributed by atoms with van der Waals surface area (Å²) < 4.78 is 29.7. The van der Waals surface area contributed by atoms with Gasteiger partial charge in [0, 0.05) is 42.3 Å². The highest BCUT2D eigenvalue weighted by molar-refractivity contribution is 6.72. The maximum Gasteiger partial charge on any atom is 0.266 e. The summed E-state index contributed by atoms with van der Waals surface area (Å²) in [5, 5.41) is 9.85. The molecule has 3 aliphatic rings. The number of amides is 3. The number of aliphatic hydroxyl groups is 1. The summed E-state index contributed by atoms with van der Waals surface area (Å²) in [6.45, 7) is 9.20. The van der Waals surface area contributed by atoms with E-state index in [1.54, 1.807) is 88.5 Å². The quantitative estimate of drug-likeness (QED) is 0.104. The summed E-state index contributed by atoms with van der Waals surface area (Å²) in [5.74, 6) is -0.736. The number of ether oxygens (including phenoxy) is 2. The third-order valence-corrected chi connectivity index (χ3v) is 12.9. The van der Waals surface area contributed by atoms with Crippen molar-refractivity contribution in [2.24, 2.45) is 5.92 Å². The molecule has 3 aliphatic heterocycles. The molecule has 0 aliphatic carbocycles. The van der Waals surface area contributed by atoms with E-state index >= 15 is 4.11 Å². The minimum absolute atomic E-state index is 0.0959. The van der Waals surface area contributed by atoms with Gasteiger partial charge in [-0.2, -0.15) is 0 Å². The predicted octanol–water partition coefficient (Wildman–Crippen LogP) is 7.49. The Labute approximate surface area is 304 Å². The minimum atomic E-state index is -3.60. The van der Waals surface area contributed by atoms with Crippen LogP contribution in [0.5, 0.6) is 11.5 Å². The van der Waals surface area contributed by atoms with E-state index in [0.29, 0.717) is 39.7 Å². The summed E-state index contributed by atoms with van der Waals surface area (Å²) in [7, 11) is -3.60. The molecule has 52 heavy (non-hydrogen) atoms. The molecule has 11 heteroatoms. The average molecular weight is 720 g/mol. The van der Waals surface area contributed by atoms with Gasteiger partial charge >= 0.3 is 0 Å². The van der Waals surface area contributed by atoms with E-state index in [0.717, 1.165) is 5.56 Å². The lowest BCUT2D eigenvalue weighted by atomic mass is 9.82. The first-order valence-corrected chi connectivity index (χ1v) is 20.5. The summed E-state index contributed by atoms with van der Waals surface area (Å²) in [6, 6.07) is 29.1. The van der Waals surface area contributed by atoms with E-state index < -0.39 is 31.6 Å². The molecule has 4 atom stereocenters. The number of rotatable bonds is 10. The number of anilines is 3. The fourth-order valence-electron chi connectivity index (χ4n) is 8.27. The summed E-state index contributed by atoms with van der Waals surface area (Å²) in [6.07, 6.45) is 0.538. The summed E-state index contributed by atoms with van der Waals surface area (Å²) >= 11 is 0. The maximum atomic E-state index is 16.6. The first kappa shape index (κ1) is 35.3. The number of fused-ring (bicyclic) bond motifs is 4. The van der Waals surface area contributed by atoms with Crippen LogP contribution in [-0.2, 0) is 26.5 Å². The number of benzene rings is 4. The van der Waals surface area contributed by atoms with Gasteiger partial charge in [-0.15, -0.1) is 6.58 Å². The normalized spacial score (nSPS) is 22.1. The van der Waals surface area contributed by atoms with Crippen molar-refractivity contribution in [2.45, 2.75) is 50.2 Å². The number of halogens is 1. The van der Waals surface area contributed by atoms with Crippen LogP contribution in [0.2, 0.25) is 18.6 Å². The van der Waals surface area contributed by atoms with Crippen molar-refractivity contribution in [1.29, 1.82) is 0 Å². The van der Waals surface area contributed by atoms with Crippen LogP contribution in [0.3, 0.4) is 0 Å². The second-order valence-corrected chi connectivity index (χ2v) is 17.9. The zero-order chi connectivity index (χ0) is 36.8. The molecule has 9 nitrogen and oxygen atoms in total. The molecule has 0 saturated carbocycles. The van der Waals surface area contributed by atoms with Crippen LogP contribution >= 0.6 is 0 Å². The standard InChI is InChI=1S/C41H42FN3O6Si/c1-5-21-44-32-20-19-29(45-33-16-10-12-18-35(33)50-34-17-11-9-15-30(34)39(45)48)24-31(32)41(40(44)49)27(2)38(52(3,4)42)36(51-41)25-37(47)43(22-23-46)26-28-13-7-6-8-14-28/h5-20,24,27,36,38,46H,1,21-23,25-26H2,2-4H3/t27-,36+,38-,41+/m1/s1. The van der Waals surface area contributed by atoms with Crippen molar-refractivity contribution in [2.75, 3.05) is 29.5 Å². The highest BCUT2D eigenvalue weighted by atomic mass is 28.4. The van der Waals surface area contributed by atoms with Gasteiger partial charge in [0.25, 0.3) is 11.8 Å². The molecule has 0 bridgehead atoms. The molecule has 7 rings (SSSR count). The highest BCUT2D eigenvalue weighted by Gasteiger charge is 2.67. The van der Waals surface area contributed by atoms with Gasteiger partial charge in [-0.05, 0) is 61.1 Å². The van der Waals surface area contributed by atoms with Crippen LogP contribution in [0.15, 0.2) is 110 Å². The largest absolute Gasteiger partial charge is 0.454 e. The van der Waals surface area contributed by atoms with Crippen LogP contribution < -0.4 is 14.5 Å². The molecule has 268 valence electrons. The van der Waals surface area contributed by atoms with Gasteiger partial charge in [0.1, 0.15) is 5.75 Å². The molecule has 1 N–H and O–H groups in total. The zero-order valence-corrected chi connectivity index (χ0v) is 30.5. The molecular weight excluding hydrogens is 678 g/mol. The van der Waals surface area contributed by atoms with E-state index in [9.17, 15) is 19.5 Å². The maximum absolute atomic E-state index is 16.6. The molecule has 1 fully saturated rings. The van der Waals surface area contributed by atoms with Crippen LogP contribution in [0, 0.1) is 5.92 Å². The van der Waals surface area contributed by atoms with E-state index in [1.165, 1.54) is 0 Å². The molecule has 0 unspecified atom stereocenters. The lowest BCUT2D eigenvalue weighted by Crippen LogP contribution is -2.45. The van der Waals surface area contributed by atoms with Crippen LogP contribution in [0.1, 0.15) is 34.8 Å². The number of hydrogen-bond acceptors (Lipinski definition) is 6. The molecule has 3 heterocycles. The van der Waals surface area contributed by atoms with E-state index in [-0.39, 0.29) is 50.4 Å². The molecule has 3 amide bonds. The van der Waals surface area contributed by atoms with Crippen LogP contribution in [-0.4, -0.2) is 61.9 Å². The lowest BCUT2D eigenvalue weighted by Gasteiger charge is -2.31. The zero-order valence-electron chi connectivity index (χ0n) is 29.5. The second-order valence-electron chi connectivity index (χ2n) is 14.1. The minimum Gasteiger partial charge on any atom is -0.454 e. The monoisotopic (exact) mass is 719 g/mol. The van der Waals surface area contributed by atoms with Gasteiger partial charge in [0.15, 0.2) is 11.4 Å². The number of para-hydroxylation sites is 3. The van der Waals surface area contributed by atoms with Crippen molar-refractivity contribution in [3.8, 4) is 11.5 Å². The van der Waals surface area contributed by atoms with E-state index in [4.69, 9.17) is 9.47 Å². The van der Waals surface area contributed by atoms with Crippen molar-refractivity contribution in [3.05, 3.63) is 126 Å². The van der Waals surface area contributed by atoms with Crippen molar-refractivity contribution in [1.82, 2.24) is 4.90 Å². The van der Waals surface area contributed by atoms with Crippen LogP contribution in [0.25, 0.3) is 0 Å². The Morgan fingerprint density at radius 2 is 1.67 bits per heavy atom. The average Bonchev–Trinajstić information content (AvgIpc) is 3.50. The molecule has 0 aromatic heterocycles. The molecule has 4 aromatic carbocycles. The van der Waals surface area contributed by atoms with Gasteiger partial charge in [0.2, 0.25) is 14.3 Å². The number of aliphatic hydroxyl groups excluding tert-OH is 1. The summed E-state index contributed by atoms with van der Waals surface area (Å²) in [4.78, 5) is 47.8. The Bertz CT molecular complexity index is 2040. The molecule has 1 saturated heterocycles. The molecule has 4 aromatic rings. The number of nitrogens with zero attached hydrogens (tertiary/aromatic N) is 3. The molecule has 0 radical (unpaired) electrons. The lowest BCUT2D eigenvalue weighted by molar-refractivity contribution is -0.149. The van der Waals surface area contributed by atoms with Crippen LogP contribution in [0.4, 0.5) is 21.2 Å². The first-order chi connectivity index (χ1) is 25.0. The third-order valence-electron chi connectivity index (χ3n) is 10.5. The fourth-order valence-corrected chi connectivity index (χ4v) is 10.8. The number of carbonyl (C=O) groups excluding carboxylic acids is 3. The third kappa shape index (κ3) is 5.92. The van der Waals surface area contributed by atoms with Crippen molar-refractivity contribution in [3.63, 3.8) is 0 Å². The predicted molar refractivity (Wildman–Crippen MR) is 200 cm³/mol.